The Labute approximate surface area is 180 Å². The third-order valence-electron chi connectivity index (χ3n) is 4.81. The van der Waals surface area contributed by atoms with E-state index in [1.165, 1.54) is 35.0 Å². The largest absolute Gasteiger partial charge is 0.332 e. The summed E-state index contributed by atoms with van der Waals surface area (Å²) >= 11 is 0. The molecule has 2 heterocycles. The number of nitrogens with one attached hydrogen (secondary N) is 1. The molecule has 2 aromatic carbocycles. The molecule has 10 heteroatoms. The van der Waals surface area contributed by atoms with Crippen molar-refractivity contribution in [1.29, 1.82) is 0 Å². The minimum absolute atomic E-state index is 0.0253. The number of carbonyl (C=O) groups excluding carboxylic acids is 1. The lowest BCUT2D eigenvalue weighted by Crippen LogP contribution is -2.42. The summed E-state index contributed by atoms with van der Waals surface area (Å²) in [6.45, 7) is -0.379. The van der Waals surface area contributed by atoms with Gasteiger partial charge in [-0.1, -0.05) is 36.4 Å². The molecule has 32 heavy (non-hydrogen) atoms. The van der Waals surface area contributed by atoms with E-state index in [-0.39, 0.29) is 29.0 Å². The van der Waals surface area contributed by atoms with Crippen LogP contribution in [-0.4, -0.2) is 24.9 Å². The Bertz CT molecular complexity index is 1440. The number of fused-ring (bicyclic) bond motifs is 1. The molecule has 4 rings (SSSR count). The quantitative estimate of drug-likeness (QED) is 0.368. The number of non-ortho nitro benzene ring substituents is 1. The van der Waals surface area contributed by atoms with Gasteiger partial charge in [0.25, 0.3) is 11.2 Å². The molecule has 0 radical (unpaired) electrons. The number of pyridine rings is 1. The van der Waals surface area contributed by atoms with Crippen LogP contribution in [-0.2, 0) is 17.9 Å². The van der Waals surface area contributed by atoms with Crippen molar-refractivity contribution in [3.8, 4) is 0 Å². The zero-order valence-electron chi connectivity index (χ0n) is 16.7. The van der Waals surface area contributed by atoms with Crippen molar-refractivity contribution in [3.05, 3.63) is 109 Å². The summed E-state index contributed by atoms with van der Waals surface area (Å²) in [4.78, 5) is 53.2. The van der Waals surface area contributed by atoms with Crippen LogP contribution < -0.4 is 16.6 Å². The van der Waals surface area contributed by atoms with Crippen LogP contribution in [0, 0.1) is 10.1 Å². The average Bonchev–Trinajstić information content (AvgIpc) is 2.80. The summed E-state index contributed by atoms with van der Waals surface area (Å²) < 4.78 is 2.20. The maximum absolute atomic E-state index is 13.2. The molecule has 0 bridgehead atoms. The van der Waals surface area contributed by atoms with Crippen LogP contribution in [0.3, 0.4) is 0 Å². The van der Waals surface area contributed by atoms with E-state index < -0.39 is 28.6 Å². The number of hydrogen-bond acceptors (Lipinski definition) is 6. The number of nitro benzene ring substituents is 1. The molecule has 0 unspecified atom stereocenters. The fourth-order valence-corrected chi connectivity index (χ4v) is 3.34. The first kappa shape index (κ1) is 20.7. The van der Waals surface area contributed by atoms with Crippen LogP contribution >= 0.6 is 0 Å². The lowest BCUT2D eigenvalue weighted by molar-refractivity contribution is -0.384. The summed E-state index contributed by atoms with van der Waals surface area (Å²) in [5.74, 6) is -0.581. The smallest absolute Gasteiger partial charge is 0.324 e. The van der Waals surface area contributed by atoms with Crippen molar-refractivity contribution in [2.45, 2.75) is 13.1 Å². The molecule has 10 nitrogen and oxygen atoms in total. The summed E-state index contributed by atoms with van der Waals surface area (Å²) in [5.41, 5.74) is -0.136. The average molecular weight is 431 g/mol. The monoisotopic (exact) mass is 431 g/mol. The highest BCUT2D eigenvalue weighted by Crippen LogP contribution is 2.17. The minimum atomic E-state index is -0.659. The van der Waals surface area contributed by atoms with E-state index in [9.17, 15) is 24.5 Å². The van der Waals surface area contributed by atoms with Gasteiger partial charge >= 0.3 is 5.69 Å². The number of amides is 1. The van der Waals surface area contributed by atoms with Gasteiger partial charge in [-0.15, -0.1) is 0 Å². The highest BCUT2D eigenvalue weighted by atomic mass is 16.6. The molecular weight excluding hydrogens is 414 g/mol. The van der Waals surface area contributed by atoms with Gasteiger partial charge in [0.1, 0.15) is 6.54 Å². The summed E-state index contributed by atoms with van der Waals surface area (Å²) in [6, 6.07) is 17.6. The van der Waals surface area contributed by atoms with E-state index in [0.717, 1.165) is 10.1 Å². The van der Waals surface area contributed by atoms with Crippen molar-refractivity contribution >= 4 is 28.3 Å². The number of rotatable bonds is 6. The summed E-state index contributed by atoms with van der Waals surface area (Å²) in [6.07, 6.45) is 1.44. The first-order chi connectivity index (χ1) is 15.4. The molecular formula is C22H17N5O5. The Morgan fingerprint density at radius 1 is 1.00 bits per heavy atom. The zero-order chi connectivity index (χ0) is 22.7. The SMILES string of the molecule is O=C(Cn1c(=O)n(Cc2ccccc2)c(=O)c2ncccc21)Nc1cccc([N+](=O)[O-])c1. The van der Waals surface area contributed by atoms with Crippen molar-refractivity contribution in [2.75, 3.05) is 5.32 Å². The van der Waals surface area contributed by atoms with E-state index in [1.54, 1.807) is 36.4 Å². The zero-order valence-corrected chi connectivity index (χ0v) is 16.7. The fraction of sp³-hybridized carbons (Fsp3) is 0.0909. The Balaban J connectivity index is 1.72. The fourth-order valence-electron chi connectivity index (χ4n) is 3.34. The van der Waals surface area contributed by atoms with Crippen LogP contribution in [0.5, 0.6) is 0 Å². The van der Waals surface area contributed by atoms with E-state index in [1.807, 2.05) is 6.07 Å². The number of benzene rings is 2. The second-order valence-electron chi connectivity index (χ2n) is 6.97. The maximum atomic E-state index is 13.2. The van der Waals surface area contributed by atoms with Gasteiger partial charge in [0.15, 0.2) is 5.52 Å². The lowest BCUT2D eigenvalue weighted by Gasteiger charge is -2.14. The van der Waals surface area contributed by atoms with Gasteiger partial charge < -0.3 is 5.32 Å². The molecule has 0 atom stereocenters. The van der Waals surface area contributed by atoms with Crippen LogP contribution in [0.4, 0.5) is 11.4 Å². The van der Waals surface area contributed by atoms with Gasteiger partial charge in [-0.3, -0.25) is 28.8 Å². The van der Waals surface area contributed by atoms with E-state index >= 15 is 0 Å². The third kappa shape index (κ3) is 4.15. The molecule has 1 amide bonds. The first-order valence-electron chi connectivity index (χ1n) is 9.60. The number of anilines is 1. The molecule has 0 aliphatic heterocycles. The minimum Gasteiger partial charge on any atom is -0.324 e. The molecule has 0 saturated heterocycles. The second-order valence-corrected chi connectivity index (χ2v) is 6.97. The van der Waals surface area contributed by atoms with Crippen molar-refractivity contribution in [3.63, 3.8) is 0 Å². The Morgan fingerprint density at radius 2 is 1.78 bits per heavy atom. The van der Waals surface area contributed by atoms with Gasteiger partial charge in [-0.2, -0.15) is 0 Å². The number of carbonyl (C=O) groups is 1. The molecule has 2 aromatic heterocycles. The molecule has 0 aliphatic carbocycles. The number of nitrogens with zero attached hydrogens (tertiary/aromatic N) is 4. The number of nitro groups is 1. The van der Waals surface area contributed by atoms with Crippen molar-refractivity contribution < 1.29 is 9.72 Å². The van der Waals surface area contributed by atoms with Gasteiger partial charge in [-0.25, -0.2) is 9.78 Å². The summed E-state index contributed by atoms with van der Waals surface area (Å²) in [7, 11) is 0. The van der Waals surface area contributed by atoms with Gasteiger partial charge in [-0.05, 0) is 23.8 Å². The van der Waals surface area contributed by atoms with E-state index in [4.69, 9.17) is 0 Å². The number of hydrogen-bond donors (Lipinski definition) is 1. The predicted octanol–water partition coefficient (Wildman–Crippen LogP) is 2.15. The van der Waals surface area contributed by atoms with Crippen LogP contribution in [0.1, 0.15) is 5.56 Å². The molecule has 0 aliphatic rings. The molecule has 0 saturated carbocycles. The Kier molecular flexibility index (Phi) is 5.58. The van der Waals surface area contributed by atoms with Crippen LogP contribution in [0.15, 0.2) is 82.5 Å². The van der Waals surface area contributed by atoms with Crippen LogP contribution in [0.2, 0.25) is 0 Å². The van der Waals surface area contributed by atoms with Crippen molar-refractivity contribution in [2.24, 2.45) is 0 Å². The molecule has 0 spiro atoms. The van der Waals surface area contributed by atoms with Gasteiger partial charge in [0.05, 0.1) is 17.0 Å². The summed E-state index contributed by atoms with van der Waals surface area (Å²) in [5, 5.41) is 13.5. The van der Waals surface area contributed by atoms with Crippen molar-refractivity contribution in [1.82, 2.24) is 14.1 Å². The molecule has 160 valence electrons. The topological polar surface area (TPSA) is 129 Å². The normalized spacial score (nSPS) is 10.8. The standard InChI is InChI=1S/C22H17N5O5/c28-19(24-16-8-4-9-17(12-16)27(31)32)14-25-18-10-5-11-23-20(18)21(29)26(22(25)30)13-15-6-2-1-3-7-15/h1-12H,13-14H2,(H,24,28). The predicted molar refractivity (Wildman–Crippen MR) is 118 cm³/mol. The molecule has 1 N–H and O–H groups in total. The Morgan fingerprint density at radius 3 is 2.53 bits per heavy atom. The van der Waals surface area contributed by atoms with Gasteiger partial charge in [0, 0.05) is 24.0 Å². The highest BCUT2D eigenvalue weighted by molar-refractivity contribution is 5.91. The Hall–Kier alpha value is -4.60. The van der Waals surface area contributed by atoms with E-state index in [2.05, 4.69) is 10.3 Å². The molecule has 0 fully saturated rings. The van der Waals surface area contributed by atoms with E-state index in [0.29, 0.717) is 0 Å². The lowest BCUT2D eigenvalue weighted by atomic mass is 10.2. The van der Waals surface area contributed by atoms with Crippen LogP contribution in [0.25, 0.3) is 11.0 Å². The number of aromatic nitrogens is 3. The first-order valence-corrected chi connectivity index (χ1v) is 9.60. The molecule has 4 aromatic rings. The third-order valence-corrected chi connectivity index (χ3v) is 4.81. The second kappa shape index (κ2) is 8.64. The highest BCUT2D eigenvalue weighted by Gasteiger charge is 2.17. The van der Waals surface area contributed by atoms with Gasteiger partial charge in [0.2, 0.25) is 5.91 Å². The maximum Gasteiger partial charge on any atom is 0.332 e.